The van der Waals surface area contributed by atoms with Crippen LogP contribution in [0.3, 0.4) is 0 Å². The topological polar surface area (TPSA) is 40.5 Å². The van der Waals surface area contributed by atoms with Crippen LogP contribution in [0.15, 0.2) is 24.3 Å². The summed E-state index contributed by atoms with van der Waals surface area (Å²) in [5.74, 6) is -0.0549. The summed E-state index contributed by atoms with van der Waals surface area (Å²) >= 11 is 0. The molecular weight excluding hydrogens is 238 g/mol. The van der Waals surface area contributed by atoms with Crippen molar-refractivity contribution >= 4 is 5.97 Å². The molecule has 1 aliphatic heterocycles. The summed E-state index contributed by atoms with van der Waals surface area (Å²) in [7, 11) is 0. The van der Waals surface area contributed by atoms with Crippen molar-refractivity contribution < 1.29 is 9.90 Å². The molecule has 1 fully saturated rings. The molecule has 1 aromatic carbocycles. The number of carboxylic acid groups (broad SMARTS) is 1. The van der Waals surface area contributed by atoms with Gasteiger partial charge in [0.25, 0.3) is 0 Å². The molecule has 19 heavy (non-hydrogen) atoms. The molecule has 0 aromatic heterocycles. The van der Waals surface area contributed by atoms with Crippen LogP contribution in [-0.2, 0) is 17.8 Å². The van der Waals surface area contributed by atoms with Gasteiger partial charge in [-0.25, -0.2) is 0 Å². The van der Waals surface area contributed by atoms with Crippen LogP contribution in [-0.4, -0.2) is 28.1 Å². The Morgan fingerprint density at radius 2 is 2.00 bits per heavy atom. The predicted octanol–water partition coefficient (Wildman–Crippen LogP) is 2.69. The number of aliphatic carboxylic acids is 1. The second kappa shape index (κ2) is 4.97. The summed E-state index contributed by atoms with van der Waals surface area (Å²) in [6, 6.07) is 8.36. The van der Waals surface area contributed by atoms with Gasteiger partial charge in [0.2, 0.25) is 0 Å². The molecule has 102 valence electrons. The van der Waals surface area contributed by atoms with Gasteiger partial charge in [-0.05, 0) is 36.3 Å². The van der Waals surface area contributed by atoms with E-state index >= 15 is 0 Å². The van der Waals surface area contributed by atoms with E-state index in [0.717, 1.165) is 13.0 Å². The molecule has 1 N–H and O–H groups in total. The van der Waals surface area contributed by atoms with E-state index in [1.54, 1.807) is 0 Å². The van der Waals surface area contributed by atoms with Crippen molar-refractivity contribution in [3.05, 3.63) is 35.4 Å². The van der Waals surface area contributed by atoms with Crippen LogP contribution in [0.5, 0.6) is 0 Å². The Morgan fingerprint density at radius 3 is 2.63 bits per heavy atom. The first kappa shape index (κ1) is 12.7. The zero-order valence-electron chi connectivity index (χ0n) is 11.4. The maximum absolute atomic E-state index is 11.6. The fourth-order valence-corrected chi connectivity index (χ4v) is 3.74. The highest BCUT2D eigenvalue weighted by atomic mass is 16.4. The van der Waals surface area contributed by atoms with Crippen LogP contribution in [0.4, 0.5) is 0 Å². The maximum Gasteiger partial charge on any atom is 0.321 e. The van der Waals surface area contributed by atoms with E-state index < -0.39 is 5.97 Å². The first-order valence-corrected chi connectivity index (χ1v) is 7.22. The molecule has 3 heteroatoms. The van der Waals surface area contributed by atoms with Gasteiger partial charge in [0.15, 0.2) is 0 Å². The number of carboxylic acids is 1. The number of carbonyl (C=O) groups is 1. The standard InChI is InChI=1S/C16H21NO2/c1-11-5-4-8-14(11)17-10-13-7-3-2-6-12(13)9-15(17)16(18)19/h2-3,6-7,11,14-15H,4-5,8-10H2,1H3,(H,18,19). The van der Waals surface area contributed by atoms with Crippen LogP contribution in [0.2, 0.25) is 0 Å². The molecule has 1 aliphatic carbocycles. The Morgan fingerprint density at radius 1 is 1.26 bits per heavy atom. The number of benzene rings is 1. The van der Waals surface area contributed by atoms with Crippen molar-refractivity contribution in [3.8, 4) is 0 Å². The number of nitrogens with zero attached hydrogens (tertiary/aromatic N) is 1. The maximum atomic E-state index is 11.6. The van der Waals surface area contributed by atoms with Crippen LogP contribution in [0, 0.1) is 5.92 Å². The molecule has 1 aromatic rings. The summed E-state index contributed by atoms with van der Waals surface area (Å²) in [4.78, 5) is 13.8. The summed E-state index contributed by atoms with van der Waals surface area (Å²) in [6.45, 7) is 3.05. The van der Waals surface area contributed by atoms with E-state index in [0.29, 0.717) is 18.4 Å². The largest absolute Gasteiger partial charge is 0.480 e. The second-order valence-corrected chi connectivity index (χ2v) is 5.97. The fourth-order valence-electron chi connectivity index (χ4n) is 3.74. The van der Waals surface area contributed by atoms with Gasteiger partial charge in [0, 0.05) is 12.6 Å². The molecule has 3 atom stereocenters. The van der Waals surface area contributed by atoms with Crippen molar-refractivity contribution in [2.75, 3.05) is 0 Å². The number of fused-ring (bicyclic) bond motifs is 1. The molecule has 1 heterocycles. The lowest BCUT2D eigenvalue weighted by Crippen LogP contribution is -2.51. The third kappa shape index (κ3) is 2.27. The fraction of sp³-hybridized carbons (Fsp3) is 0.562. The quantitative estimate of drug-likeness (QED) is 0.887. The van der Waals surface area contributed by atoms with Gasteiger partial charge in [0.1, 0.15) is 6.04 Å². The Hall–Kier alpha value is -1.35. The van der Waals surface area contributed by atoms with Crippen molar-refractivity contribution in [2.45, 2.75) is 51.2 Å². The van der Waals surface area contributed by atoms with Crippen molar-refractivity contribution in [1.82, 2.24) is 4.90 Å². The van der Waals surface area contributed by atoms with Crippen LogP contribution >= 0.6 is 0 Å². The molecule has 3 rings (SSSR count). The Kier molecular flexibility index (Phi) is 3.31. The first-order chi connectivity index (χ1) is 9.16. The minimum atomic E-state index is -0.673. The van der Waals surface area contributed by atoms with Gasteiger partial charge in [-0.15, -0.1) is 0 Å². The summed E-state index contributed by atoms with van der Waals surface area (Å²) in [5, 5.41) is 9.54. The van der Waals surface area contributed by atoms with E-state index in [1.807, 2.05) is 6.07 Å². The van der Waals surface area contributed by atoms with Gasteiger partial charge in [-0.1, -0.05) is 37.6 Å². The van der Waals surface area contributed by atoms with E-state index in [2.05, 4.69) is 30.0 Å². The van der Waals surface area contributed by atoms with E-state index in [4.69, 9.17) is 0 Å². The molecule has 1 saturated carbocycles. The average molecular weight is 259 g/mol. The monoisotopic (exact) mass is 259 g/mol. The molecule has 0 radical (unpaired) electrons. The van der Waals surface area contributed by atoms with Gasteiger partial charge in [-0.2, -0.15) is 0 Å². The molecule has 0 spiro atoms. The predicted molar refractivity (Wildman–Crippen MR) is 73.9 cm³/mol. The van der Waals surface area contributed by atoms with Crippen molar-refractivity contribution in [2.24, 2.45) is 5.92 Å². The number of rotatable bonds is 2. The first-order valence-electron chi connectivity index (χ1n) is 7.22. The van der Waals surface area contributed by atoms with Crippen molar-refractivity contribution in [3.63, 3.8) is 0 Å². The molecule has 0 saturated heterocycles. The number of hydrogen-bond acceptors (Lipinski definition) is 2. The van der Waals surface area contributed by atoms with Gasteiger partial charge in [-0.3, -0.25) is 9.69 Å². The Balaban J connectivity index is 1.91. The average Bonchev–Trinajstić information content (AvgIpc) is 2.83. The molecular formula is C16H21NO2. The lowest BCUT2D eigenvalue weighted by atomic mass is 9.90. The smallest absolute Gasteiger partial charge is 0.321 e. The Labute approximate surface area is 114 Å². The highest BCUT2D eigenvalue weighted by Gasteiger charge is 2.39. The highest BCUT2D eigenvalue weighted by molar-refractivity contribution is 5.74. The van der Waals surface area contributed by atoms with E-state index in [1.165, 1.54) is 24.0 Å². The van der Waals surface area contributed by atoms with Crippen LogP contribution in [0.1, 0.15) is 37.3 Å². The van der Waals surface area contributed by atoms with Gasteiger partial charge >= 0.3 is 5.97 Å². The van der Waals surface area contributed by atoms with Crippen LogP contribution in [0.25, 0.3) is 0 Å². The highest BCUT2D eigenvalue weighted by Crippen LogP contribution is 2.35. The van der Waals surface area contributed by atoms with Crippen molar-refractivity contribution in [1.29, 1.82) is 0 Å². The third-order valence-electron chi connectivity index (χ3n) is 4.81. The molecule has 0 amide bonds. The zero-order valence-corrected chi connectivity index (χ0v) is 11.4. The Bertz CT molecular complexity index is 485. The van der Waals surface area contributed by atoms with Crippen LogP contribution < -0.4 is 0 Å². The summed E-state index contributed by atoms with van der Waals surface area (Å²) in [5.41, 5.74) is 2.51. The normalized spacial score (nSPS) is 31.1. The van der Waals surface area contributed by atoms with E-state index in [9.17, 15) is 9.90 Å². The van der Waals surface area contributed by atoms with Gasteiger partial charge in [0.05, 0.1) is 0 Å². The minimum Gasteiger partial charge on any atom is -0.480 e. The summed E-state index contributed by atoms with van der Waals surface area (Å²) < 4.78 is 0. The molecule has 2 aliphatic rings. The molecule has 0 bridgehead atoms. The minimum absolute atomic E-state index is 0.347. The SMILES string of the molecule is CC1CCCC1N1Cc2ccccc2CC1C(=O)O. The lowest BCUT2D eigenvalue weighted by molar-refractivity contribution is -0.145. The number of hydrogen-bond donors (Lipinski definition) is 1. The zero-order chi connectivity index (χ0) is 13.4. The lowest BCUT2D eigenvalue weighted by Gasteiger charge is -2.40. The second-order valence-electron chi connectivity index (χ2n) is 5.97. The van der Waals surface area contributed by atoms with Gasteiger partial charge < -0.3 is 5.11 Å². The van der Waals surface area contributed by atoms with E-state index in [-0.39, 0.29) is 6.04 Å². The third-order valence-corrected chi connectivity index (χ3v) is 4.81. The molecule has 3 nitrogen and oxygen atoms in total. The summed E-state index contributed by atoms with van der Waals surface area (Å²) in [6.07, 6.45) is 4.26. The molecule has 3 unspecified atom stereocenters.